The maximum Gasteiger partial charge on any atom is 0.187 e. The number of carbonyl (C=O) groups excluding carboxylic acids is 1. The van der Waals surface area contributed by atoms with Crippen molar-refractivity contribution in [1.82, 2.24) is 9.80 Å². The highest BCUT2D eigenvalue weighted by Crippen LogP contribution is 2.42. The lowest BCUT2D eigenvalue weighted by Gasteiger charge is -2.42. The molecule has 2 fully saturated rings. The molecule has 39 heavy (non-hydrogen) atoms. The van der Waals surface area contributed by atoms with Crippen LogP contribution in [0.5, 0.6) is 0 Å². The van der Waals surface area contributed by atoms with Crippen LogP contribution in [0, 0.1) is 33.3 Å². The Hall–Kier alpha value is -2.30. The second-order valence-corrected chi connectivity index (χ2v) is 12.3. The lowest BCUT2D eigenvalue weighted by molar-refractivity contribution is -0.125. The Morgan fingerprint density at radius 1 is 1.03 bits per heavy atom. The van der Waals surface area contributed by atoms with Crippen LogP contribution in [0.3, 0.4) is 0 Å². The van der Waals surface area contributed by atoms with Crippen molar-refractivity contribution in [3.05, 3.63) is 74.6 Å². The Kier molecular flexibility index (Phi) is 14.1. The molecule has 6 nitrogen and oxygen atoms in total. The summed E-state index contributed by atoms with van der Waals surface area (Å²) in [7, 11) is 8.15. The third-order valence-electron chi connectivity index (χ3n) is 7.32. The Morgan fingerprint density at radius 2 is 1.72 bits per heavy atom. The minimum atomic E-state index is -0.775. The van der Waals surface area contributed by atoms with Gasteiger partial charge in [0, 0.05) is 34.9 Å². The quantitative estimate of drug-likeness (QED) is 0.292. The van der Waals surface area contributed by atoms with Gasteiger partial charge in [0.05, 0.1) is 23.8 Å². The molecule has 2 aliphatic rings. The molecule has 0 amide bonds. The SMILES string of the molecule is CN(C)CC1CCCCC1=O.N#Cc1cccc(I)c1.[C-]#[N+]c1cccc(C2(O)CCCCC2CN(C)C)c1. The number of hydrogen-bond acceptors (Lipinski definition) is 5. The van der Waals surface area contributed by atoms with E-state index in [1.54, 1.807) is 12.1 Å². The average Bonchev–Trinajstić information content (AvgIpc) is 2.91. The fourth-order valence-corrected chi connectivity index (χ4v) is 5.93. The van der Waals surface area contributed by atoms with Crippen LogP contribution in [0.25, 0.3) is 4.85 Å². The van der Waals surface area contributed by atoms with Crippen molar-refractivity contribution in [1.29, 1.82) is 5.26 Å². The van der Waals surface area contributed by atoms with Crippen molar-refractivity contribution in [3.8, 4) is 6.07 Å². The summed E-state index contributed by atoms with van der Waals surface area (Å²) in [6, 6.07) is 17.0. The fourth-order valence-electron chi connectivity index (χ4n) is 5.38. The van der Waals surface area contributed by atoms with E-state index < -0.39 is 5.60 Å². The number of Topliss-reactive ketones (excluding diaryl/α,β-unsaturated/α-hetero) is 1. The highest BCUT2D eigenvalue weighted by Gasteiger charge is 2.40. The van der Waals surface area contributed by atoms with Crippen LogP contribution >= 0.6 is 22.6 Å². The van der Waals surface area contributed by atoms with E-state index in [0.29, 0.717) is 17.4 Å². The molecular formula is C32H43IN4O2. The van der Waals surface area contributed by atoms with Gasteiger partial charge in [0.2, 0.25) is 0 Å². The van der Waals surface area contributed by atoms with Gasteiger partial charge in [0.15, 0.2) is 5.69 Å². The number of rotatable bonds is 5. The van der Waals surface area contributed by atoms with Crippen molar-refractivity contribution in [2.75, 3.05) is 41.3 Å². The van der Waals surface area contributed by atoms with E-state index in [9.17, 15) is 9.90 Å². The maximum absolute atomic E-state index is 11.3. The summed E-state index contributed by atoms with van der Waals surface area (Å²) in [5.41, 5.74) is 1.47. The summed E-state index contributed by atoms with van der Waals surface area (Å²) in [5, 5.41) is 19.6. The van der Waals surface area contributed by atoms with E-state index in [2.05, 4.69) is 43.3 Å². The molecule has 2 saturated carbocycles. The van der Waals surface area contributed by atoms with Gasteiger partial charge in [-0.3, -0.25) is 4.79 Å². The number of halogens is 1. The lowest BCUT2D eigenvalue weighted by atomic mass is 9.71. The minimum absolute atomic E-state index is 0.247. The molecule has 7 heteroatoms. The predicted molar refractivity (Wildman–Crippen MR) is 167 cm³/mol. The molecule has 0 heterocycles. The second kappa shape index (κ2) is 16.7. The first kappa shape index (κ1) is 32.9. The summed E-state index contributed by atoms with van der Waals surface area (Å²) in [6.45, 7) is 8.95. The van der Waals surface area contributed by atoms with Crippen LogP contribution in [0.1, 0.15) is 62.5 Å². The average molecular weight is 643 g/mol. The summed E-state index contributed by atoms with van der Waals surface area (Å²) >= 11 is 2.18. The van der Waals surface area contributed by atoms with Gasteiger partial charge in [0.25, 0.3) is 0 Å². The molecule has 2 aromatic carbocycles. The van der Waals surface area contributed by atoms with Crippen LogP contribution in [0.2, 0.25) is 0 Å². The molecule has 0 spiro atoms. The number of nitrogens with zero attached hydrogens (tertiary/aromatic N) is 4. The zero-order valence-corrected chi connectivity index (χ0v) is 26.0. The normalized spacial score (nSPS) is 22.6. The van der Waals surface area contributed by atoms with Crippen LogP contribution in [-0.2, 0) is 10.4 Å². The van der Waals surface area contributed by atoms with Crippen molar-refractivity contribution in [2.24, 2.45) is 11.8 Å². The number of hydrogen-bond donors (Lipinski definition) is 1. The van der Waals surface area contributed by atoms with Gasteiger partial charge in [-0.15, -0.1) is 0 Å². The monoisotopic (exact) mass is 642 g/mol. The van der Waals surface area contributed by atoms with Gasteiger partial charge < -0.3 is 14.9 Å². The minimum Gasteiger partial charge on any atom is -0.385 e. The van der Waals surface area contributed by atoms with Crippen LogP contribution in [0.15, 0.2) is 48.5 Å². The van der Waals surface area contributed by atoms with E-state index in [1.165, 1.54) is 12.8 Å². The maximum atomic E-state index is 11.3. The first-order valence-electron chi connectivity index (χ1n) is 13.8. The molecule has 0 aliphatic heterocycles. The number of nitriles is 1. The highest BCUT2D eigenvalue weighted by atomic mass is 127. The van der Waals surface area contributed by atoms with Crippen molar-refractivity contribution in [2.45, 2.75) is 57.0 Å². The molecule has 4 rings (SSSR count). The van der Waals surface area contributed by atoms with Crippen molar-refractivity contribution >= 4 is 34.1 Å². The van der Waals surface area contributed by atoms with Gasteiger partial charge in [0.1, 0.15) is 5.78 Å². The lowest BCUT2D eigenvalue weighted by Crippen LogP contribution is -2.43. The first-order chi connectivity index (χ1) is 18.6. The van der Waals surface area contributed by atoms with Crippen molar-refractivity contribution in [3.63, 3.8) is 0 Å². The number of ketones is 1. The summed E-state index contributed by atoms with van der Waals surface area (Å²) < 4.78 is 1.10. The van der Waals surface area contributed by atoms with Crippen molar-refractivity contribution < 1.29 is 9.90 Å². The van der Waals surface area contributed by atoms with Gasteiger partial charge in [-0.05, 0) is 100 Å². The van der Waals surface area contributed by atoms with Crippen LogP contribution < -0.4 is 0 Å². The molecule has 0 bridgehead atoms. The Bertz CT molecular complexity index is 1140. The Balaban J connectivity index is 0.000000226. The number of benzene rings is 2. The molecule has 0 radical (unpaired) electrons. The summed E-state index contributed by atoms with van der Waals surface area (Å²) in [6.07, 6.45) is 8.37. The van der Waals surface area contributed by atoms with E-state index in [0.717, 1.165) is 66.3 Å². The molecule has 3 atom stereocenters. The van der Waals surface area contributed by atoms with E-state index in [4.69, 9.17) is 11.8 Å². The van der Waals surface area contributed by atoms with Crippen LogP contribution in [-0.4, -0.2) is 62.0 Å². The molecule has 2 aliphatic carbocycles. The van der Waals surface area contributed by atoms with Gasteiger partial charge in [-0.1, -0.05) is 49.6 Å². The molecule has 210 valence electrons. The predicted octanol–water partition coefficient (Wildman–Crippen LogP) is 6.65. The zero-order chi connectivity index (χ0) is 28.8. The Morgan fingerprint density at radius 3 is 2.31 bits per heavy atom. The zero-order valence-electron chi connectivity index (χ0n) is 23.9. The third-order valence-corrected chi connectivity index (χ3v) is 7.99. The first-order valence-corrected chi connectivity index (χ1v) is 14.8. The van der Waals surface area contributed by atoms with E-state index in [1.807, 2.05) is 64.6 Å². The largest absolute Gasteiger partial charge is 0.385 e. The van der Waals surface area contributed by atoms with Gasteiger partial charge >= 0.3 is 0 Å². The highest BCUT2D eigenvalue weighted by molar-refractivity contribution is 14.1. The molecule has 0 saturated heterocycles. The van der Waals surface area contributed by atoms with E-state index >= 15 is 0 Å². The van der Waals surface area contributed by atoms with E-state index in [-0.39, 0.29) is 5.92 Å². The molecular weight excluding hydrogens is 599 g/mol. The molecule has 2 aromatic rings. The van der Waals surface area contributed by atoms with Gasteiger partial charge in [-0.25, -0.2) is 4.85 Å². The topological polar surface area (TPSA) is 71.9 Å². The molecule has 0 aromatic heterocycles. The second-order valence-electron chi connectivity index (χ2n) is 11.1. The summed E-state index contributed by atoms with van der Waals surface area (Å²) in [4.78, 5) is 19.0. The summed E-state index contributed by atoms with van der Waals surface area (Å²) in [5.74, 6) is 1.06. The Labute approximate surface area is 249 Å². The smallest absolute Gasteiger partial charge is 0.187 e. The third kappa shape index (κ3) is 11.0. The van der Waals surface area contributed by atoms with Crippen LogP contribution in [0.4, 0.5) is 5.69 Å². The van der Waals surface area contributed by atoms with Gasteiger partial charge in [-0.2, -0.15) is 5.26 Å². The molecule has 1 N–H and O–H groups in total. The number of carbonyl (C=O) groups is 1. The standard InChI is InChI=1S/C16H22N2O.C9H17NO.C7H4IN/c1-17-15-9-6-8-13(11-15)16(19)10-5-4-7-14(16)12-18(2)3;1-10(2)7-8-5-3-4-6-9(8)11;8-7-3-1-2-6(4-7)5-9/h6,8-9,11,14,19H,4-5,7,10,12H2,2-3H3;8H,3-7H2,1-2H3;1-4H. The molecule has 3 unspecified atom stereocenters. The number of aliphatic hydroxyl groups is 1. The fraction of sp³-hybridized carbons (Fsp3) is 0.531.